The molecule has 0 radical (unpaired) electrons. The van der Waals surface area contributed by atoms with Crippen molar-refractivity contribution < 1.29 is 13.2 Å². The normalized spacial score (nSPS) is 11.2. The summed E-state index contributed by atoms with van der Waals surface area (Å²) >= 11 is 0. The smallest absolute Gasteiger partial charge is 0.261 e. The highest BCUT2D eigenvalue weighted by Gasteiger charge is 2.12. The molecule has 0 atom stereocenters. The van der Waals surface area contributed by atoms with Crippen LogP contribution in [0.5, 0.6) is 11.5 Å². The number of aryl methyl sites for hydroxylation is 1. The maximum Gasteiger partial charge on any atom is 0.261 e. The molecule has 18 heavy (non-hydrogen) atoms. The lowest BCUT2D eigenvalue weighted by Crippen LogP contribution is -1.93. The molecule has 0 aliphatic heterocycles. The second-order valence-electron chi connectivity index (χ2n) is 3.78. The largest absolute Gasteiger partial charge is 0.457 e. The summed E-state index contributed by atoms with van der Waals surface area (Å²) in [5.74, 6) is 1.30. The lowest BCUT2D eigenvalue weighted by atomic mass is 10.2. The van der Waals surface area contributed by atoms with Crippen LogP contribution in [0.2, 0.25) is 0 Å². The van der Waals surface area contributed by atoms with E-state index in [1.54, 1.807) is 13.0 Å². The van der Waals surface area contributed by atoms with Gasteiger partial charge in [-0.2, -0.15) is 0 Å². The van der Waals surface area contributed by atoms with Gasteiger partial charge in [0.05, 0.1) is 4.90 Å². The lowest BCUT2D eigenvalue weighted by molar-refractivity contribution is 0.478. The molecular formula is C13H11ClO3S. The van der Waals surface area contributed by atoms with Gasteiger partial charge in [0.2, 0.25) is 0 Å². The molecule has 0 bridgehead atoms. The Morgan fingerprint density at radius 3 is 2.28 bits per heavy atom. The van der Waals surface area contributed by atoms with Gasteiger partial charge < -0.3 is 4.74 Å². The molecule has 5 heteroatoms. The Morgan fingerprint density at radius 2 is 1.72 bits per heavy atom. The number of benzene rings is 2. The zero-order valence-electron chi connectivity index (χ0n) is 9.63. The number of hydrogen-bond acceptors (Lipinski definition) is 3. The van der Waals surface area contributed by atoms with E-state index >= 15 is 0 Å². The lowest BCUT2D eigenvalue weighted by Gasteiger charge is -2.09. The summed E-state index contributed by atoms with van der Waals surface area (Å²) in [5.41, 5.74) is 0.709. The van der Waals surface area contributed by atoms with E-state index in [0.29, 0.717) is 17.1 Å². The fraction of sp³-hybridized carbons (Fsp3) is 0.0769. The first-order chi connectivity index (χ1) is 8.47. The van der Waals surface area contributed by atoms with Crippen LogP contribution in [0.3, 0.4) is 0 Å². The summed E-state index contributed by atoms with van der Waals surface area (Å²) in [7, 11) is 1.58. The first kappa shape index (κ1) is 12.9. The Hall–Kier alpha value is -1.52. The van der Waals surface area contributed by atoms with Gasteiger partial charge in [0.15, 0.2) is 0 Å². The average Bonchev–Trinajstić information content (AvgIpc) is 2.32. The minimum absolute atomic E-state index is 0.0714. The molecule has 0 fully saturated rings. The van der Waals surface area contributed by atoms with Gasteiger partial charge in [0.1, 0.15) is 11.5 Å². The van der Waals surface area contributed by atoms with Gasteiger partial charge in [-0.3, -0.25) is 0 Å². The summed E-state index contributed by atoms with van der Waals surface area (Å²) in [6.45, 7) is 1.77. The molecule has 3 nitrogen and oxygen atoms in total. The summed E-state index contributed by atoms with van der Waals surface area (Å²) in [5, 5.41) is 0. The van der Waals surface area contributed by atoms with E-state index in [-0.39, 0.29) is 4.90 Å². The molecule has 0 saturated carbocycles. The Morgan fingerprint density at radius 1 is 1.06 bits per heavy atom. The van der Waals surface area contributed by atoms with Crippen LogP contribution in [0.25, 0.3) is 0 Å². The highest BCUT2D eigenvalue weighted by Crippen LogP contribution is 2.27. The molecule has 0 aromatic heterocycles. The van der Waals surface area contributed by atoms with E-state index in [1.165, 1.54) is 12.1 Å². The second kappa shape index (κ2) is 5.00. The Kier molecular flexibility index (Phi) is 3.59. The Bertz CT molecular complexity index is 651. The fourth-order valence-electron chi connectivity index (χ4n) is 1.50. The zero-order chi connectivity index (χ0) is 13.2. The van der Waals surface area contributed by atoms with Crippen molar-refractivity contribution in [1.82, 2.24) is 0 Å². The van der Waals surface area contributed by atoms with Crippen molar-refractivity contribution in [3.63, 3.8) is 0 Å². The van der Waals surface area contributed by atoms with Crippen LogP contribution in [0.1, 0.15) is 5.56 Å². The van der Waals surface area contributed by atoms with Crippen molar-refractivity contribution in [3.8, 4) is 11.5 Å². The molecule has 0 amide bonds. The average molecular weight is 283 g/mol. The van der Waals surface area contributed by atoms with Crippen LogP contribution < -0.4 is 4.74 Å². The van der Waals surface area contributed by atoms with Crippen LogP contribution in [0.4, 0.5) is 0 Å². The summed E-state index contributed by atoms with van der Waals surface area (Å²) in [4.78, 5) is 0.0714. The number of para-hydroxylation sites is 1. The van der Waals surface area contributed by atoms with Crippen LogP contribution in [0, 0.1) is 6.92 Å². The van der Waals surface area contributed by atoms with Crippen molar-refractivity contribution >= 4 is 19.7 Å². The summed E-state index contributed by atoms with van der Waals surface area (Å²) in [6, 6.07) is 13.8. The first-order valence-electron chi connectivity index (χ1n) is 5.25. The maximum absolute atomic E-state index is 11.2. The van der Waals surface area contributed by atoms with E-state index in [2.05, 4.69) is 0 Å². The molecule has 94 valence electrons. The van der Waals surface area contributed by atoms with Crippen molar-refractivity contribution in [2.45, 2.75) is 11.8 Å². The topological polar surface area (TPSA) is 43.4 Å². The van der Waals surface area contributed by atoms with E-state index in [4.69, 9.17) is 15.4 Å². The highest BCUT2D eigenvalue weighted by molar-refractivity contribution is 8.13. The fourth-order valence-corrected chi connectivity index (χ4v) is 2.34. The Balaban J connectivity index is 2.32. The summed E-state index contributed by atoms with van der Waals surface area (Å²) < 4.78 is 28.0. The third kappa shape index (κ3) is 3.03. The number of halogens is 1. The second-order valence-corrected chi connectivity index (χ2v) is 6.35. The SMILES string of the molecule is Cc1cc(S(=O)(=O)Cl)ccc1Oc1ccccc1. The van der Waals surface area contributed by atoms with Crippen molar-refractivity contribution in [2.75, 3.05) is 0 Å². The van der Waals surface area contributed by atoms with Gasteiger partial charge in [-0.15, -0.1) is 0 Å². The molecule has 0 spiro atoms. The summed E-state index contributed by atoms with van der Waals surface area (Å²) in [6.07, 6.45) is 0. The van der Waals surface area contributed by atoms with E-state index in [0.717, 1.165) is 0 Å². The van der Waals surface area contributed by atoms with Crippen molar-refractivity contribution in [2.24, 2.45) is 0 Å². The van der Waals surface area contributed by atoms with Gasteiger partial charge in [-0.25, -0.2) is 8.42 Å². The molecule has 2 aromatic carbocycles. The quantitative estimate of drug-likeness (QED) is 0.806. The van der Waals surface area contributed by atoms with Crippen LogP contribution >= 0.6 is 10.7 Å². The molecule has 2 rings (SSSR count). The van der Waals surface area contributed by atoms with Gasteiger partial charge in [0, 0.05) is 10.7 Å². The molecule has 0 aliphatic carbocycles. The van der Waals surface area contributed by atoms with Crippen LogP contribution in [-0.4, -0.2) is 8.42 Å². The molecular weight excluding hydrogens is 272 g/mol. The standard InChI is InChI=1S/C13H11ClO3S/c1-10-9-12(18(14,15)16)7-8-13(10)17-11-5-3-2-4-6-11/h2-9H,1H3. The van der Waals surface area contributed by atoms with Gasteiger partial charge >= 0.3 is 0 Å². The maximum atomic E-state index is 11.2. The molecule has 0 heterocycles. The minimum atomic E-state index is -3.70. The number of rotatable bonds is 3. The monoisotopic (exact) mass is 282 g/mol. The third-order valence-electron chi connectivity index (χ3n) is 2.40. The minimum Gasteiger partial charge on any atom is -0.457 e. The molecule has 2 aromatic rings. The zero-order valence-corrected chi connectivity index (χ0v) is 11.2. The van der Waals surface area contributed by atoms with Crippen molar-refractivity contribution in [1.29, 1.82) is 0 Å². The highest BCUT2D eigenvalue weighted by atomic mass is 35.7. The van der Waals surface area contributed by atoms with E-state index in [1.807, 2.05) is 30.3 Å². The predicted molar refractivity (Wildman–Crippen MR) is 70.7 cm³/mol. The van der Waals surface area contributed by atoms with E-state index < -0.39 is 9.05 Å². The van der Waals surface area contributed by atoms with Gasteiger partial charge in [0.25, 0.3) is 9.05 Å². The van der Waals surface area contributed by atoms with Crippen LogP contribution in [-0.2, 0) is 9.05 Å². The van der Waals surface area contributed by atoms with E-state index in [9.17, 15) is 8.42 Å². The Labute approximate surface area is 110 Å². The van der Waals surface area contributed by atoms with Gasteiger partial charge in [-0.05, 0) is 42.8 Å². The third-order valence-corrected chi connectivity index (χ3v) is 3.75. The number of ether oxygens (including phenoxy) is 1. The van der Waals surface area contributed by atoms with Crippen LogP contribution in [0.15, 0.2) is 53.4 Å². The molecule has 0 saturated heterocycles. The first-order valence-corrected chi connectivity index (χ1v) is 7.56. The predicted octanol–water partition coefficient (Wildman–Crippen LogP) is 3.71. The van der Waals surface area contributed by atoms with Crippen molar-refractivity contribution in [3.05, 3.63) is 54.1 Å². The molecule has 0 unspecified atom stereocenters. The molecule has 0 aliphatic rings. The molecule has 0 N–H and O–H groups in total. The van der Waals surface area contributed by atoms with Gasteiger partial charge in [-0.1, -0.05) is 18.2 Å². The number of hydrogen-bond donors (Lipinski definition) is 0.